The minimum atomic E-state index is 0.189. The van der Waals surface area contributed by atoms with Crippen molar-refractivity contribution >= 4 is 0 Å². The Kier molecular flexibility index (Phi) is 3.17. The molecule has 0 radical (unpaired) electrons. The van der Waals surface area contributed by atoms with Gasteiger partial charge in [0.1, 0.15) is 5.75 Å². The van der Waals surface area contributed by atoms with Gasteiger partial charge in [-0.1, -0.05) is 26.0 Å². The van der Waals surface area contributed by atoms with Gasteiger partial charge in [-0.05, 0) is 60.9 Å². The molecule has 0 aromatic heterocycles. The first-order valence-electron chi connectivity index (χ1n) is 7.68. The number of phenolic OH excluding ortho intramolecular Hbond substituents is 1. The Labute approximate surface area is 122 Å². The van der Waals surface area contributed by atoms with Gasteiger partial charge in [-0.2, -0.15) is 0 Å². The number of nitrogens with zero attached hydrogens (tertiary/aromatic N) is 1. The monoisotopic (exact) mass is 271 g/mol. The second kappa shape index (κ2) is 4.63. The first-order chi connectivity index (χ1) is 9.47. The maximum atomic E-state index is 9.84. The number of hydrogen-bond donors (Lipinski definition) is 1. The Morgan fingerprint density at radius 2 is 2.25 bits per heavy atom. The van der Waals surface area contributed by atoms with Crippen LogP contribution in [0.25, 0.3) is 0 Å². The molecule has 1 fully saturated rings. The maximum absolute atomic E-state index is 9.84. The van der Waals surface area contributed by atoms with Gasteiger partial charge in [0.25, 0.3) is 0 Å². The van der Waals surface area contributed by atoms with Crippen molar-refractivity contribution in [3.05, 3.63) is 42.0 Å². The summed E-state index contributed by atoms with van der Waals surface area (Å²) < 4.78 is 0. The lowest BCUT2D eigenvalue weighted by Crippen LogP contribution is -2.59. The standard InChI is InChI=1S/C18H25NO/c1-5-12(2)19-9-8-18(4)13(3)17(19)10-14-6-7-15(20)11-16(14)18/h5-7,11-13,17,20H,1,8-10H2,2-4H3/t12-,13-,17+,18-/m0/s1. The summed E-state index contributed by atoms with van der Waals surface area (Å²) >= 11 is 0. The van der Waals surface area contributed by atoms with Crippen LogP contribution in [0.1, 0.15) is 38.3 Å². The highest BCUT2D eigenvalue weighted by Crippen LogP contribution is 2.49. The molecule has 2 heteroatoms. The molecule has 1 heterocycles. The molecule has 1 aromatic carbocycles. The smallest absolute Gasteiger partial charge is 0.115 e. The van der Waals surface area contributed by atoms with Crippen LogP contribution in [-0.2, 0) is 11.8 Å². The topological polar surface area (TPSA) is 23.5 Å². The van der Waals surface area contributed by atoms with Gasteiger partial charge in [-0.3, -0.25) is 4.90 Å². The van der Waals surface area contributed by atoms with E-state index in [0.29, 0.717) is 23.8 Å². The van der Waals surface area contributed by atoms with E-state index in [4.69, 9.17) is 0 Å². The molecule has 2 nitrogen and oxygen atoms in total. The van der Waals surface area contributed by atoms with Crippen molar-refractivity contribution in [3.63, 3.8) is 0 Å². The van der Waals surface area contributed by atoms with Crippen LogP contribution in [0, 0.1) is 5.92 Å². The first kappa shape index (κ1) is 13.7. The summed E-state index contributed by atoms with van der Waals surface area (Å²) in [5, 5.41) is 9.84. The molecular weight excluding hydrogens is 246 g/mol. The van der Waals surface area contributed by atoms with Crippen LogP contribution in [0.3, 0.4) is 0 Å². The van der Waals surface area contributed by atoms with E-state index in [1.165, 1.54) is 11.1 Å². The first-order valence-corrected chi connectivity index (χ1v) is 7.68. The molecular formula is C18H25NO. The maximum Gasteiger partial charge on any atom is 0.115 e. The second-order valence-electron chi connectivity index (χ2n) is 6.78. The Bertz CT molecular complexity index is 538. The molecule has 0 amide bonds. The highest BCUT2D eigenvalue weighted by atomic mass is 16.3. The summed E-state index contributed by atoms with van der Waals surface area (Å²) in [6.07, 6.45) is 4.30. The summed E-state index contributed by atoms with van der Waals surface area (Å²) in [6, 6.07) is 6.96. The third-order valence-corrected chi connectivity index (χ3v) is 5.90. The molecule has 4 atom stereocenters. The van der Waals surface area contributed by atoms with E-state index in [0.717, 1.165) is 19.4 Å². The molecule has 0 spiro atoms. The van der Waals surface area contributed by atoms with E-state index < -0.39 is 0 Å². The van der Waals surface area contributed by atoms with E-state index >= 15 is 0 Å². The van der Waals surface area contributed by atoms with Crippen LogP contribution in [0.4, 0.5) is 0 Å². The molecule has 0 saturated carbocycles. The van der Waals surface area contributed by atoms with Crippen molar-refractivity contribution in [2.45, 2.75) is 51.1 Å². The van der Waals surface area contributed by atoms with Gasteiger partial charge >= 0.3 is 0 Å². The van der Waals surface area contributed by atoms with Crippen molar-refractivity contribution in [2.75, 3.05) is 6.54 Å². The molecule has 1 N–H and O–H groups in total. The van der Waals surface area contributed by atoms with Crippen LogP contribution < -0.4 is 0 Å². The van der Waals surface area contributed by atoms with Gasteiger partial charge in [-0.15, -0.1) is 6.58 Å². The zero-order valence-electron chi connectivity index (χ0n) is 12.8. The largest absolute Gasteiger partial charge is 0.508 e. The number of fused-ring (bicyclic) bond motifs is 4. The quantitative estimate of drug-likeness (QED) is 0.832. The van der Waals surface area contributed by atoms with Crippen molar-refractivity contribution < 1.29 is 5.11 Å². The summed E-state index contributed by atoms with van der Waals surface area (Å²) in [6.45, 7) is 12.1. The molecule has 1 saturated heterocycles. The van der Waals surface area contributed by atoms with Gasteiger partial charge in [0.2, 0.25) is 0 Å². The van der Waals surface area contributed by atoms with Crippen LogP contribution >= 0.6 is 0 Å². The SMILES string of the molecule is C=C[C@H](C)N1CC[C@]2(C)c3cc(O)ccc3C[C@@H]1[C@@H]2C. The molecule has 20 heavy (non-hydrogen) atoms. The van der Waals surface area contributed by atoms with Gasteiger partial charge in [0.05, 0.1) is 0 Å². The predicted octanol–water partition coefficient (Wildman–Crippen LogP) is 3.49. The van der Waals surface area contributed by atoms with Gasteiger partial charge in [0.15, 0.2) is 0 Å². The lowest BCUT2D eigenvalue weighted by atomic mass is 9.59. The van der Waals surface area contributed by atoms with Crippen LogP contribution in [-0.4, -0.2) is 28.6 Å². The molecule has 3 rings (SSSR count). The minimum absolute atomic E-state index is 0.189. The third-order valence-electron chi connectivity index (χ3n) is 5.90. The summed E-state index contributed by atoms with van der Waals surface area (Å²) in [4.78, 5) is 2.61. The van der Waals surface area contributed by atoms with Crippen LogP contribution in [0.15, 0.2) is 30.9 Å². The molecule has 2 aliphatic rings. The third kappa shape index (κ3) is 1.81. The zero-order valence-corrected chi connectivity index (χ0v) is 12.8. The van der Waals surface area contributed by atoms with E-state index in [1.54, 1.807) is 0 Å². The number of benzene rings is 1. The van der Waals surface area contributed by atoms with E-state index in [9.17, 15) is 5.11 Å². The Morgan fingerprint density at radius 1 is 1.50 bits per heavy atom. The number of piperidine rings is 1. The van der Waals surface area contributed by atoms with Crippen molar-refractivity contribution in [3.8, 4) is 5.75 Å². The normalized spacial score (nSPS) is 34.4. The summed E-state index contributed by atoms with van der Waals surface area (Å²) in [7, 11) is 0. The molecule has 108 valence electrons. The van der Waals surface area contributed by atoms with Crippen LogP contribution in [0.5, 0.6) is 5.75 Å². The van der Waals surface area contributed by atoms with E-state index in [2.05, 4.69) is 44.4 Å². The van der Waals surface area contributed by atoms with Crippen LogP contribution in [0.2, 0.25) is 0 Å². The van der Waals surface area contributed by atoms with Crippen molar-refractivity contribution in [1.29, 1.82) is 0 Å². The number of phenols is 1. The Morgan fingerprint density at radius 3 is 2.95 bits per heavy atom. The second-order valence-corrected chi connectivity index (χ2v) is 6.78. The van der Waals surface area contributed by atoms with Gasteiger partial charge < -0.3 is 5.11 Å². The molecule has 1 aromatic rings. The van der Waals surface area contributed by atoms with Gasteiger partial charge in [0, 0.05) is 12.1 Å². The fraction of sp³-hybridized carbons (Fsp3) is 0.556. The Hall–Kier alpha value is -1.28. The zero-order chi connectivity index (χ0) is 14.5. The average molecular weight is 271 g/mol. The fourth-order valence-electron chi connectivity index (χ4n) is 4.28. The predicted molar refractivity (Wildman–Crippen MR) is 83.1 cm³/mol. The number of rotatable bonds is 2. The lowest BCUT2D eigenvalue weighted by Gasteiger charge is -2.55. The van der Waals surface area contributed by atoms with Gasteiger partial charge in [-0.25, -0.2) is 0 Å². The van der Waals surface area contributed by atoms with E-state index in [-0.39, 0.29) is 5.41 Å². The number of likely N-dealkylation sites (tertiary alicyclic amines) is 1. The van der Waals surface area contributed by atoms with Crippen molar-refractivity contribution in [2.24, 2.45) is 5.92 Å². The molecule has 2 bridgehead atoms. The fourth-order valence-corrected chi connectivity index (χ4v) is 4.28. The van der Waals surface area contributed by atoms with E-state index in [1.807, 2.05) is 12.1 Å². The number of aromatic hydroxyl groups is 1. The molecule has 1 aliphatic carbocycles. The lowest BCUT2D eigenvalue weighted by molar-refractivity contribution is 0.0180. The summed E-state index contributed by atoms with van der Waals surface area (Å²) in [5.41, 5.74) is 2.97. The number of hydrogen-bond acceptors (Lipinski definition) is 2. The highest BCUT2D eigenvalue weighted by molar-refractivity contribution is 5.44. The Balaban J connectivity index is 2.06. The molecule has 0 unspecified atom stereocenters. The highest BCUT2D eigenvalue weighted by Gasteiger charge is 2.48. The van der Waals surface area contributed by atoms with Crippen molar-refractivity contribution in [1.82, 2.24) is 4.90 Å². The summed E-state index contributed by atoms with van der Waals surface area (Å²) in [5.74, 6) is 1.01. The molecule has 1 aliphatic heterocycles. The minimum Gasteiger partial charge on any atom is -0.508 e. The average Bonchev–Trinajstić information content (AvgIpc) is 2.43.